The van der Waals surface area contributed by atoms with Crippen molar-refractivity contribution in [1.29, 1.82) is 0 Å². The topological polar surface area (TPSA) is 75.4 Å². The molecule has 20 heavy (non-hydrogen) atoms. The highest BCUT2D eigenvalue weighted by Crippen LogP contribution is 2.29. The Morgan fingerprint density at radius 2 is 1.80 bits per heavy atom. The maximum atomic E-state index is 12.1. The zero-order valence-electron chi connectivity index (χ0n) is 12.7. The van der Waals surface area contributed by atoms with Gasteiger partial charge in [-0.05, 0) is 46.0 Å². The van der Waals surface area contributed by atoms with Gasteiger partial charge in [0.05, 0.1) is 0 Å². The number of nitrogens with two attached hydrogens (primary N) is 1. The molecule has 2 rings (SSSR count). The van der Waals surface area contributed by atoms with Crippen LogP contribution in [-0.4, -0.2) is 41.4 Å². The number of amides is 2. The highest BCUT2D eigenvalue weighted by atomic mass is 16.2. The number of hydrogen-bond donors (Lipinski definition) is 2. The summed E-state index contributed by atoms with van der Waals surface area (Å²) in [6, 6.07) is 0.248. The highest BCUT2D eigenvalue weighted by Gasteiger charge is 2.32. The fourth-order valence-corrected chi connectivity index (χ4v) is 2.52. The molecule has 1 saturated heterocycles. The molecule has 0 atom stereocenters. The molecule has 1 aliphatic carbocycles. The average Bonchev–Trinajstić information content (AvgIpc) is 3.20. The summed E-state index contributed by atoms with van der Waals surface area (Å²) in [7, 11) is 0. The molecule has 0 aromatic carbocycles. The molecule has 5 heteroatoms. The molecule has 1 saturated carbocycles. The Labute approximate surface area is 121 Å². The third-order valence-corrected chi connectivity index (χ3v) is 4.13. The minimum absolute atomic E-state index is 0.190. The van der Waals surface area contributed by atoms with Crippen molar-refractivity contribution in [3.05, 3.63) is 0 Å². The first kappa shape index (κ1) is 15.3. The van der Waals surface area contributed by atoms with Crippen LogP contribution < -0.4 is 11.1 Å². The third kappa shape index (κ3) is 4.78. The van der Waals surface area contributed by atoms with Crippen LogP contribution in [0.4, 0.5) is 0 Å². The minimum Gasteiger partial charge on any atom is -0.353 e. The van der Waals surface area contributed by atoms with Gasteiger partial charge in [0.2, 0.25) is 11.8 Å². The van der Waals surface area contributed by atoms with Gasteiger partial charge in [0.25, 0.3) is 0 Å². The standard InChI is InChI=1S/C15H27N3O2/c1-15(2,16)8-5-13(19)18-9-6-12(7-10-18)17-14(20)11-3-4-11/h11-12H,3-10,16H2,1-2H3,(H,17,20). The lowest BCUT2D eigenvalue weighted by molar-refractivity contribution is -0.132. The lowest BCUT2D eigenvalue weighted by Crippen LogP contribution is -2.47. The number of nitrogens with zero attached hydrogens (tertiary/aromatic N) is 1. The van der Waals surface area contributed by atoms with E-state index in [1.807, 2.05) is 18.7 Å². The van der Waals surface area contributed by atoms with Crippen LogP contribution in [0.5, 0.6) is 0 Å². The normalized spacial score (nSPS) is 20.9. The molecule has 5 nitrogen and oxygen atoms in total. The predicted octanol–water partition coefficient (Wildman–Crippen LogP) is 1.02. The number of hydrogen-bond acceptors (Lipinski definition) is 3. The van der Waals surface area contributed by atoms with Crippen LogP contribution in [0, 0.1) is 5.92 Å². The average molecular weight is 281 g/mol. The van der Waals surface area contributed by atoms with Gasteiger partial charge in [-0.15, -0.1) is 0 Å². The van der Waals surface area contributed by atoms with E-state index < -0.39 is 0 Å². The summed E-state index contributed by atoms with van der Waals surface area (Å²) in [6.07, 6.45) is 5.05. The Bertz CT molecular complexity index is 364. The number of rotatable bonds is 5. The van der Waals surface area contributed by atoms with E-state index in [0.717, 1.165) is 38.8 Å². The van der Waals surface area contributed by atoms with Gasteiger partial charge < -0.3 is 16.0 Å². The molecule has 0 unspecified atom stereocenters. The summed E-state index contributed by atoms with van der Waals surface area (Å²) >= 11 is 0. The van der Waals surface area contributed by atoms with Crippen molar-refractivity contribution in [2.45, 2.75) is 64.0 Å². The summed E-state index contributed by atoms with van der Waals surface area (Å²) in [5, 5.41) is 3.10. The van der Waals surface area contributed by atoms with Crippen LogP contribution >= 0.6 is 0 Å². The predicted molar refractivity (Wildman–Crippen MR) is 78.0 cm³/mol. The molecule has 2 aliphatic rings. The SMILES string of the molecule is CC(C)(N)CCC(=O)N1CCC(NC(=O)C2CC2)CC1. The van der Waals surface area contributed by atoms with E-state index in [1.165, 1.54) is 0 Å². The molecule has 114 valence electrons. The van der Waals surface area contributed by atoms with Crippen molar-refractivity contribution >= 4 is 11.8 Å². The lowest BCUT2D eigenvalue weighted by atomic mass is 9.98. The molecule has 1 aliphatic heterocycles. The Kier molecular flexibility index (Phi) is 4.68. The summed E-state index contributed by atoms with van der Waals surface area (Å²) in [4.78, 5) is 25.7. The molecule has 0 radical (unpaired) electrons. The fourth-order valence-electron chi connectivity index (χ4n) is 2.52. The Morgan fingerprint density at radius 3 is 2.30 bits per heavy atom. The van der Waals surface area contributed by atoms with Gasteiger partial charge in [0.15, 0.2) is 0 Å². The number of carbonyl (C=O) groups is 2. The number of nitrogens with one attached hydrogen (secondary N) is 1. The van der Waals surface area contributed by atoms with Crippen molar-refractivity contribution in [2.75, 3.05) is 13.1 Å². The molecular formula is C15H27N3O2. The van der Waals surface area contributed by atoms with E-state index in [4.69, 9.17) is 5.73 Å². The van der Waals surface area contributed by atoms with Crippen LogP contribution in [0.25, 0.3) is 0 Å². The second kappa shape index (κ2) is 6.12. The van der Waals surface area contributed by atoms with Gasteiger partial charge in [0.1, 0.15) is 0 Å². The second-order valence-corrected chi connectivity index (χ2v) is 6.93. The maximum Gasteiger partial charge on any atom is 0.223 e. The molecule has 0 aromatic rings. The van der Waals surface area contributed by atoms with Crippen LogP contribution in [0.3, 0.4) is 0 Å². The number of piperidine rings is 1. The maximum absolute atomic E-state index is 12.1. The van der Waals surface area contributed by atoms with Crippen molar-refractivity contribution < 1.29 is 9.59 Å². The molecular weight excluding hydrogens is 254 g/mol. The number of likely N-dealkylation sites (tertiary alicyclic amines) is 1. The van der Waals surface area contributed by atoms with E-state index in [1.54, 1.807) is 0 Å². The molecule has 2 amide bonds. The van der Waals surface area contributed by atoms with Crippen molar-refractivity contribution in [3.63, 3.8) is 0 Å². The first-order valence-electron chi connectivity index (χ1n) is 7.72. The lowest BCUT2D eigenvalue weighted by Gasteiger charge is -2.33. The van der Waals surface area contributed by atoms with E-state index in [2.05, 4.69) is 5.32 Å². The van der Waals surface area contributed by atoms with Crippen LogP contribution in [0.15, 0.2) is 0 Å². The summed E-state index contributed by atoms with van der Waals surface area (Å²) in [5.74, 6) is 0.664. The second-order valence-electron chi connectivity index (χ2n) is 6.93. The zero-order chi connectivity index (χ0) is 14.8. The number of carbonyl (C=O) groups excluding carboxylic acids is 2. The third-order valence-electron chi connectivity index (χ3n) is 4.13. The summed E-state index contributed by atoms with van der Waals surface area (Å²) in [6.45, 7) is 5.39. The summed E-state index contributed by atoms with van der Waals surface area (Å²) in [5.41, 5.74) is 5.62. The van der Waals surface area contributed by atoms with Crippen molar-refractivity contribution in [2.24, 2.45) is 11.7 Å². The molecule has 0 bridgehead atoms. The fraction of sp³-hybridized carbons (Fsp3) is 0.867. The molecule has 0 spiro atoms. The van der Waals surface area contributed by atoms with E-state index in [0.29, 0.717) is 12.8 Å². The van der Waals surface area contributed by atoms with E-state index >= 15 is 0 Å². The largest absolute Gasteiger partial charge is 0.353 e. The van der Waals surface area contributed by atoms with E-state index in [-0.39, 0.29) is 29.3 Å². The van der Waals surface area contributed by atoms with Gasteiger partial charge in [-0.1, -0.05) is 0 Å². The van der Waals surface area contributed by atoms with Gasteiger partial charge in [0, 0.05) is 37.0 Å². The van der Waals surface area contributed by atoms with E-state index in [9.17, 15) is 9.59 Å². The quantitative estimate of drug-likeness (QED) is 0.790. The van der Waals surface area contributed by atoms with Gasteiger partial charge in [-0.2, -0.15) is 0 Å². The van der Waals surface area contributed by atoms with Crippen LogP contribution in [-0.2, 0) is 9.59 Å². The highest BCUT2D eigenvalue weighted by molar-refractivity contribution is 5.81. The summed E-state index contributed by atoms with van der Waals surface area (Å²) < 4.78 is 0. The molecule has 0 aromatic heterocycles. The monoisotopic (exact) mass is 281 g/mol. The molecule has 2 fully saturated rings. The zero-order valence-corrected chi connectivity index (χ0v) is 12.7. The Morgan fingerprint density at radius 1 is 1.20 bits per heavy atom. The Hall–Kier alpha value is -1.10. The minimum atomic E-state index is -0.285. The van der Waals surface area contributed by atoms with Gasteiger partial charge in [-0.3, -0.25) is 9.59 Å². The van der Waals surface area contributed by atoms with Crippen molar-refractivity contribution in [1.82, 2.24) is 10.2 Å². The first-order chi connectivity index (χ1) is 9.35. The van der Waals surface area contributed by atoms with Gasteiger partial charge in [-0.25, -0.2) is 0 Å². The molecule has 1 heterocycles. The van der Waals surface area contributed by atoms with Crippen molar-refractivity contribution in [3.8, 4) is 0 Å². The van der Waals surface area contributed by atoms with Crippen LogP contribution in [0.2, 0.25) is 0 Å². The van der Waals surface area contributed by atoms with Crippen LogP contribution in [0.1, 0.15) is 52.4 Å². The molecule has 3 N–H and O–H groups in total. The smallest absolute Gasteiger partial charge is 0.223 e. The Balaban J connectivity index is 1.67. The van der Waals surface area contributed by atoms with Gasteiger partial charge >= 0.3 is 0 Å². The first-order valence-corrected chi connectivity index (χ1v) is 7.72.